The highest BCUT2D eigenvalue weighted by atomic mass is 35.5. The van der Waals surface area contributed by atoms with Gasteiger partial charge in [0.15, 0.2) is 5.82 Å². The third-order valence-corrected chi connectivity index (χ3v) is 5.33. The third-order valence-electron chi connectivity index (χ3n) is 5.10. The maximum atomic E-state index is 14.1. The van der Waals surface area contributed by atoms with Crippen LogP contribution in [0, 0.1) is 5.82 Å². The van der Waals surface area contributed by atoms with Gasteiger partial charge in [-0.25, -0.2) is 14.4 Å². The summed E-state index contributed by atoms with van der Waals surface area (Å²) < 4.78 is 14.1. The van der Waals surface area contributed by atoms with Gasteiger partial charge in [0.05, 0.1) is 17.8 Å². The summed E-state index contributed by atoms with van der Waals surface area (Å²) in [6.45, 7) is 1.74. The smallest absolute Gasteiger partial charge is 0.244 e. The molecule has 2 amide bonds. The van der Waals surface area contributed by atoms with E-state index in [2.05, 4.69) is 22.2 Å². The van der Waals surface area contributed by atoms with E-state index < -0.39 is 11.7 Å². The van der Waals surface area contributed by atoms with E-state index >= 15 is 0 Å². The third kappa shape index (κ3) is 4.68. The van der Waals surface area contributed by atoms with Crippen molar-refractivity contribution in [1.29, 1.82) is 0 Å². The van der Waals surface area contributed by atoms with Gasteiger partial charge in [-0.3, -0.25) is 14.5 Å². The van der Waals surface area contributed by atoms with E-state index in [-0.39, 0.29) is 35.4 Å². The molecule has 0 spiro atoms. The highest BCUT2D eigenvalue weighted by molar-refractivity contribution is 6.30. The predicted molar refractivity (Wildman–Crippen MR) is 123 cm³/mol. The minimum absolute atomic E-state index is 0.00438. The minimum atomic E-state index is -0.660. The summed E-state index contributed by atoms with van der Waals surface area (Å²) in [6, 6.07) is 15.3. The number of fused-ring (bicyclic) bond motifs is 1. The minimum Gasteiger partial charge on any atom is -0.322 e. The van der Waals surface area contributed by atoms with Crippen LogP contribution < -0.4 is 10.2 Å². The number of rotatable bonds is 5. The van der Waals surface area contributed by atoms with E-state index in [1.165, 1.54) is 28.8 Å². The molecule has 1 aliphatic rings. The quantitative estimate of drug-likeness (QED) is 0.598. The monoisotopic (exact) mass is 450 g/mol. The molecule has 1 aliphatic heterocycles. The van der Waals surface area contributed by atoms with Gasteiger partial charge in [0.1, 0.15) is 18.0 Å². The Balaban J connectivity index is 1.60. The average molecular weight is 451 g/mol. The number of nitrogens with one attached hydrogen (secondary N) is 1. The zero-order chi connectivity index (χ0) is 22.7. The Hall–Kier alpha value is -3.58. The van der Waals surface area contributed by atoms with Crippen molar-refractivity contribution in [1.82, 2.24) is 4.98 Å². The van der Waals surface area contributed by atoms with Gasteiger partial charge in [0.25, 0.3) is 0 Å². The van der Waals surface area contributed by atoms with Crippen LogP contribution >= 0.6 is 11.6 Å². The number of carbonyl (C=O) groups is 2. The lowest BCUT2D eigenvalue weighted by Gasteiger charge is -2.20. The van der Waals surface area contributed by atoms with Gasteiger partial charge < -0.3 is 5.32 Å². The lowest BCUT2D eigenvalue weighted by molar-refractivity contribution is -0.120. The summed E-state index contributed by atoms with van der Waals surface area (Å²) in [5, 5.41) is 2.70. The van der Waals surface area contributed by atoms with Gasteiger partial charge in [-0.05, 0) is 47.9 Å². The largest absolute Gasteiger partial charge is 0.322 e. The van der Waals surface area contributed by atoms with Crippen molar-refractivity contribution in [2.45, 2.75) is 19.8 Å². The number of aryl methyl sites for hydroxylation is 1. The van der Waals surface area contributed by atoms with Crippen LogP contribution in [0.4, 0.5) is 21.6 Å². The number of benzene rings is 2. The van der Waals surface area contributed by atoms with E-state index in [1.54, 1.807) is 12.1 Å². The van der Waals surface area contributed by atoms with Crippen LogP contribution in [-0.4, -0.2) is 29.1 Å². The van der Waals surface area contributed by atoms with E-state index in [1.807, 2.05) is 24.3 Å². The fraction of sp³-hybridized carbons (Fsp3) is 0.167. The Morgan fingerprint density at radius 1 is 1.19 bits per heavy atom. The van der Waals surface area contributed by atoms with E-state index in [0.29, 0.717) is 11.4 Å². The molecule has 1 N–H and O–H groups in total. The first-order valence-electron chi connectivity index (χ1n) is 10.1. The van der Waals surface area contributed by atoms with Crippen molar-refractivity contribution in [3.8, 4) is 0 Å². The number of nitrogens with zero attached hydrogens (tertiary/aromatic N) is 3. The molecule has 0 bridgehead atoms. The first-order valence-corrected chi connectivity index (χ1v) is 10.5. The van der Waals surface area contributed by atoms with Gasteiger partial charge in [-0.15, -0.1) is 0 Å². The number of carbonyl (C=O) groups excluding carboxylic acids is 2. The molecule has 0 atom stereocenters. The van der Waals surface area contributed by atoms with Gasteiger partial charge >= 0.3 is 0 Å². The normalized spacial score (nSPS) is 13.3. The summed E-state index contributed by atoms with van der Waals surface area (Å²) in [5.41, 5.74) is 3.08. The summed E-state index contributed by atoms with van der Waals surface area (Å²) in [6.07, 6.45) is 2.45. The first kappa shape index (κ1) is 21.6. The maximum absolute atomic E-state index is 14.1. The summed E-state index contributed by atoms with van der Waals surface area (Å²) >= 11 is 5.76. The Morgan fingerprint density at radius 3 is 2.69 bits per heavy atom. The van der Waals surface area contributed by atoms with Gasteiger partial charge in [-0.1, -0.05) is 42.8 Å². The molecular weight excluding hydrogens is 431 g/mol. The second-order valence-electron chi connectivity index (χ2n) is 7.28. The van der Waals surface area contributed by atoms with Crippen molar-refractivity contribution >= 4 is 46.3 Å². The fourth-order valence-electron chi connectivity index (χ4n) is 3.41. The van der Waals surface area contributed by atoms with Gasteiger partial charge in [0, 0.05) is 11.2 Å². The standard InChI is InChI=1S/C24H20ClFN4O2/c1-2-15-5-7-16(8-6-15)21-13-23(32)30(24-20(28-21)4-3-11-27-24)14-22(31)29-19-10-9-17(25)12-18(19)26/h3-12H,2,13-14H2,1H3,(H,29,31). The van der Waals surface area contributed by atoms with E-state index in [9.17, 15) is 14.0 Å². The van der Waals surface area contributed by atoms with Crippen molar-refractivity contribution in [3.63, 3.8) is 0 Å². The average Bonchev–Trinajstić information content (AvgIpc) is 2.92. The lowest BCUT2D eigenvalue weighted by Crippen LogP contribution is -2.39. The summed E-state index contributed by atoms with van der Waals surface area (Å²) in [7, 11) is 0. The molecule has 2 aromatic carbocycles. The summed E-state index contributed by atoms with van der Waals surface area (Å²) in [5.74, 6) is -1.27. The first-order chi connectivity index (χ1) is 15.4. The molecule has 0 unspecified atom stereocenters. The number of anilines is 2. The number of aromatic nitrogens is 1. The molecule has 4 rings (SSSR count). The number of halogens is 2. The van der Waals surface area contributed by atoms with Crippen LogP contribution in [0.2, 0.25) is 5.02 Å². The highest BCUT2D eigenvalue weighted by Crippen LogP contribution is 2.31. The van der Waals surface area contributed by atoms with Crippen LogP contribution in [0.15, 0.2) is 65.8 Å². The Morgan fingerprint density at radius 2 is 1.97 bits per heavy atom. The van der Waals surface area contributed by atoms with Crippen molar-refractivity contribution in [3.05, 3.63) is 82.8 Å². The zero-order valence-electron chi connectivity index (χ0n) is 17.3. The number of hydrogen-bond acceptors (Lipinski definition) is 4. The molecule has 0 saturated heterocycles. The van der Waals surface area contributed by atoms with Crippen molar-refractivity contribution in [2.24, 2.45) is 4.99 Å². The molecule has 0 aliphatic carbocycles. The molecular formula is C24H20ClFN4O2. The van der Waals surface area contributed by atoms with E-state index in [0.717, 1.165) is 18.1 Å². The van der Waals surface area contributed by atoms with Crippen LogP contribution in [0.1, 0.15) is 24.5 Å². The van der Waals surface area contributed by atoms with Crippen LogP contribution in [0.25, 0.3) is 0 Å². The molecule has 8 heteroatoms. The van der Waals surface area contributed by atoms with Crippen LogP contribution in [0.5, 0.6) is 0 Å². The van der Waals surface area contributed by atoms with Crippen LogP contribution in [0.3, 0.4) is 0 Å². The highest BCUT2D eigenvalue weighted by Gasteiger charge is 2.28. The Labute approximate surface area is 189 Å². The molecule has 1 aromatic heterocycles. The van der Waals surface area contributed by atoms with Crippen LogP contribution in [-0.2, 0) is 16.0 Å². The molecule has 3 aromatic rings. The Bertz CT molecular complexity index is 1210. The van der Waals surface area contributed by atoms with E-state index in [4.69, 9.17) is 11.6 Å². The molecule has 0 fully saturated rings. The molecule has 6 nitrogen and oxygen atoms in total. The number of amides is 2. The number of hydrogen-bond donors (Lipinski definition) is 1. The molecule has 0 radical (unpaired) electrons. The SMILES string of the molecule is CCc1ccc(C2=Nc3cccnc3N(CC(=O)Nc3ccc(Cl)cc3F)C(=O)C2)cc1. The number of pyridine rings is 1. The molecule has 2 heterocycles. The predicted octanol–water partition coefficient (Wildman–Crippen LogP) is 4.93. The van der Waals surface area contributed by atoms with Crippen molar-refractivity contribution in [2.75, 3.05) is 16.8 Å². The van der Waals surface area contributed by atoms with Gasteiger partial charge in [0.2, 0.25) is 11.8 Å². The molecule has 0 saturated carbocycles. The Kier molecular flexibility index (Phi) is 6.28. The topological polar surface area (TPSA) is 74.7 Å². The fourth-order valence-corrected chi connectivity index (χ4v) is 3.57. The summed E-state index contributed by atoms with van der Waals surface area (Å²) in [4.78, 5) is 36.0. The molecule has 162 valence electrons. The zero-order valence-corrected chi connectivity index (χ0v) is 18.1. The number of aliphatic imine (C=N–C) groups is 1. The van der Waals surface area contributed by atoms with Crippen molar-refractivity contribution < 1.29 is 14.0 Å². The maximum Gasteiger partial charge on any atom is 0.244 e. The molecule has 32 heavy (non-hydrogen) atoms. The lowest BCUT2D eigenvalue weighted by atomic mass is 10.0. The second kappa shape index (κ2) is 9.28. The van der Waals surface area contributed by atoms with Gasteiger partial charge in [-0.2, -0.15) is 0 Å². The second-order valence-corrected chi connectivity index (χ2v) is 7.72.